The van der Waals surface area contributed by atoms with Gasteiger partial charge in [-0.2, -0.15) is 10.5 Å². The van der Waals surface area contributed by atoms with Crippen molar-refractivity contribution in [2.45, 2.75) is 0 Å². The SMILES string of the molecule is N#Cc1ccc(-c2nc(-c3ccc(C#N)cc3)nc(-c3cc(-n4c5ccccc5c5ccccc54)cc(-n4c5ccccc5c5ccccc54)c3)n2)cc1. The van der Waals surface area contributed by atoms with Crippen LogP contribution in [0.15, 0.2) is 164 Å². The first kappa shape index (κ1) is 30.9. The van der Waals surface area contributed by atoms with Crippen molar-refractivity contribution in [3.05, 3.63) is 175 Å². The van der Waals surface area contributed by atoms with Crippen LogP contribution in [0.4, 0.5) is 0 Å². The van der Waals surface area contributed by atoms with Crippen molar-refractivity contribution in [3.63, 3.8) is 0 Å². The van der Waals surface area contributed by atoms with Crippen molar-refractivity contribution in [2.75, 3.05) is 0 Å². The highest BCUT2D eigenvalue weighted by Gasteiger charge is 2.19. The molecule has 0 saturated carbocycles. The first-order valence-corrected chi connectivity index (χ1v) is 17.6. The molecular formula is C47H27N7. The van der Waals surface area contributed by atoms with E-state index >= 15 is 0 Å². The van der Waals surface area contributed by atoms with Gasteiger partial charge in [0.1, 0.15) is 0 Å². The average molecular weight is 690 g/mol. The Morgan fingerprint density at radius 2 is 0.667 bits per heavy atom. The van der Waals surface area contributed by atoms with E-state index in [0.29, 0.717) is 28.6 Å². The Morgan fingerprint density at radius 1 is 0.352 bits per heavy atom. The number of fused-ring (bicyclic) bond motifs is 6. The van der Waals surface area contributed by atoms with Crippen LogP contribution in [0.2, 0.25) is 0 Å². The molecule has 3 aromatic heterocycles. The summed E-state index contributed by atoms with van der Waals surface area (Å²) >= 11 is 0. The van der Waals surface area contributed by atoms with Crippen LogP contribution in [-0.4, -0.2) is 24.1 Å². The lowest BCUT2D eigenvalue weighted by Gasteiger charge is -2.16. The third-order valence-corrected chi connectivity index (χ3v) is 10.0. The number of benzene rings is 7. The van der Waals surface area contributed by atoms with Gasteiger partial charge in [0, 0.05) is 49.6 Å². The standard InChI is InChI=1S/C47H27N7/c48-28-30-17-21-32(22-18-30)45-50-46(33-23-19-31(29-49)20-24-33)52-47(51-45)34-25-35(53-41-13-5-1-9-37(41)38-10-2-6-14-42(38)53)27-36(26-34)54-43-15-7-3-11-39(43)40-12-4-8-16-44(40)54/h1-27H. The molecule has 0 spiro atoms. The topological polar surface area (TPSA) is 96.1 Å². The second-order valence-corrected chi connectivity index (χ2v) is 13.2. The first-order valence-electron chi connectivity index (χ1n) is 17.6. The number of rotatable bonds is 5. The molecule has 10 aromatic rings. The van der Waals surface area contributed by atoms with Crippen molar-refractivity contribution in [1.82, 2.24) is 24.1 Å². The molecule has 0 aliphatic carbocycles. The summed E-state index contributed by atoms with van der Waals surface area (Å²) in [5, 5.41) is 23.6. The Labute approximate surface area is 309 Å². The maximum Gasteiger partial charge on any atom is 0.164 e. The van der Waals surface area contributed by atoms with Crippen LogP contribution in [0.5, 0.6) is 0 Å². The predicted octanol–water partition coefficient (Wildman–Crippen LogP) is 10.8. The molecule has 0 atom stereocenters. The zero-order chi connectivity index (χ0) is 36.2. The molecule has 3 heterocycles. The van der Waals surface area contributed by atoms with Crippen molar-refractivity contribution >= 4 is 43.6 Å². The van der Waals surface area contributed by atoms with Gasteiger partial charge in [-0.05, 0) is 91.0 Å². The molecule has 7 nitrogen and oxygen atoms in total. The average Bonchev–Trinajstić information content (AvgIpc) is 3.77. The van der Waals surface area contributed by atoms with Crippen LogP contribution in [-0.2, 0) is 0 Å². The van der Waals surface area contributed by atoms with E-state index in [9.17, 15) is 10.5 Å². The zero-order valence-corrected chi connectivity index (χ0v) is 28.7. The second kappa shape index (κ2) is 12.4. The molecule has 0 radical (unpaired) electrons. The van der Waals surface area contributed by atoms with Crippen molar-refractivity contribution in [1.29, 1.82) is 10.5 Å². The number of hydrogen-bond acceptors (Lipinski definition) is 5. The van der Waals surface area contributed by atoms with E-state index < -0.39 is 0 Å². The van der Waals surface area contributed by atoms with Crippen molar-refractivity contribution < 1.29 is 0 Å². The van der Waals surface area contributed by atoms with Gasteiger partial charge in [0.25, 0.3) is 0 Å². The van der Waals surface area contributed by atoms with Crippen molar-refractivity contribution in [3.8, 4) is 57.7 Å². The van der Waals surface area contributed by atoms with Crippen LogP contribution in [0.3, 0.4) is 0 Å². The van der Waals surface area contributed by atoms with Gasteiger partial charge in [-0.1, -0.05) is 72.8 Å². The van der Waals surface area contributed by atoms with Gasteiger partial charge in [0.05, 0.1) is 45.3 Å². The summed E-state index contributed by atoms with van der Waals surface area (Å²) in [5.41, 5.74) is 9.72. The molecule has 54 heavy (non-hydrogen) atoms. The van der Waals surface area contributed by atoms with E-state index in [1.807, 2.05) is 24.3 Å². The van der Waals surface area contributed by atoms with Crippen LogP contribution < -0.4 is 0 Å². The van der Waals surface area contributed by atoms with Crippen LogP contribution in [0.25, 0.3) is 89.2 Å². The third kappa shape index (κ3) is 5.00. The molecule has 7 aromatic carbocycles. The predicted molar refractivity (Wildman–Crippen MR) is 214 cm³/mol. The molecule has 0 bridgehead atoms. The number of nitrogens with zero attached hydrogens (tertiary/aromatic N) is 7. The van der Waals surface area contributed by atoms with E-state index in [-0.39, 0.29) is 0 Å². The highest BCUT2D eigenvalue weighted by atomic mass is 15.0. The summed E-state index contributed by atoms with van der Waals surface area (Å²) in [6, 6.07) is 59.4. The Bertz CT molecular complexity index is 2860. The summed E-state index contributed by atoms with van der Waals surface area (Å²) in [4.78, 5) is 15.1. The number of para-hydroxylation sites is 4. The Hall–Kier alpha value is -7.87. The van der Waals surface area contributed by atoms with E-state index in [1.54, 1.807) is 24.3 Å². The van der Waals surface area contributed by atoms with Gasteiger partial charge >= 0.3 is 0 Å². The van der Waals surface area contributed by atoms with E-state index in [4.69, 9.17) is 15.0 Å². The minimum Gasteiger partial charge on any atom is -0.309 e. The number of aromatic nitrogens is 5. The second-order valence-electron chi connectivity index (χ2n) is 13.2. The maximum atomic E-state index is 9.48. The normalized spacial score (nSPS) is 11.3. The van der Waals surface area contributed by atoms with Gasteiger partial charge in [-0.15, -0.1) is 0 Å². The summed E-state index contributed by atoms with van der Waals surface area (Å²) in [6.45, 7) is 0. The van der Waals surface area contributed by atoms with Gasteiger partial charge in [-0.3, -0.25) is 0 Å². The Kier molecular flexibility index (Phi) is 7.11. The molecule has 0 N–H and O–H groups in total. The quantitative estimate of drug-likeness (QED) is 0.179. The van der Waals surface area contributed by atoms with Gasteiger partial charge < -0.3 is 9.13 Å². The number of hydrogen-bond donors (Lipinski definition) is 0. The molecule has 0 aliphatic heterocycles. The van der Waals surface area contributed by atoms with Crippen LogP contribution in [0.1, 0.15) is 11.1 Å². The summed E-state index contributed by atoms with van der Waals surface area (Å²) < 4.78 is 4.63. The van der Waals surface area contributed by atoms with Crippen LogP contribution >= 0.6 is 0 Å². The molecule has 7 heteroatoms. The van der Waals surface area contributed by atoms with E-state index in [0.717, 1.165) is 50.1 Å². The smallest absolute Gasteiger partial charge is 0.164 e. The van der Waals surface area contributed by atoms with Gasteiger partial charge in [-0.25, -0.2) is 15.0 Å². The lowest BCUT2D eigenvalue weighted by Crippen LogP contribution is -2.03. The molecule has 0 aliphatic rings. The minimum absolute atomic E-state index is 0.476. The highest BCUT2D eigenvalue weighted by molar-refractivity contribution is 6.10. The third-order valence-electron chi connectivity index (χ3n) is 10.0. The fourth-order valence-electron chi connectivity index (χ4n) is 7.53. The summed E-state index contributed by atoms with van der Waals surface area (Å²) in [5.74, 6) is 1.45. The Balaban J connectivity index is 1.29. The van der Waals surface area contributed by atoms with E-state index in [2.05, 4.69) is 137 Å². The summed E-state index contributed by atoms with van der Waals surface area (Å²) in [6.07, 6.45) is 0. The summed E-state index contributed by atoms with van der Waals surface area (Å²) in [7, 11) is 0. The van der Waals surface area contributed by atoms with Gasteiger partial charge in [0.15, 0.2) is 17.5 Å². The fourth-order valence-corrected chi connectivity index (χ4v) is 7.53. The monoisotopic (exact) mass is 689 g/mol. The molecule has 0 fully saturated rings. The van der Waals surface area contributed by atoms with Gasteiger partial charge in [0.2, 0.25) is 0 Å². The fraction of sp³-hybridized carbons (Fsp3) is 0. The molecule has 0 saturated heterocycles. The molecule has 10 rings (SSSR count). The lowest BCUT2D eigenvalue weighted by molar-refractivity contribution is 1.07. The van der Waals surface area contributed by atoms with Crippen molar-refractivity contribution in [2.24, 2.45) is 0 Å². The molecule has 0 unspecified atom stereocenters. The molecule has 250 valence electrons. The Morgan fingerprint density at radius 3 is 1.00 bits per heavy atom. The largest absolute Gasteiger partial charge is 0.309 e. The van der Waals surface area contributed by atoms with Crippen LogP contribution in [0, 0.1) is 22.7 Å². The lowest BCUT2D eigenvalue weighted by atomic mass is 10.1. The van der Waals surface area contributed by atoms with E-state index in [1.165, 1.54) is 21.5 Å². The minimum atomic E-state index is 0.476. The molecule has 0 amide bonds. The maximum absolute atomic E-state index is 9.48. The molecular weight excluding hydrogens is 663 g/mol. The first-order chi connectivity index (χ1) is 26.7. The number of nitriles is 2. The highest BCUT2D eigenvalue weighted by Crippen LogP contribution is 2.38. The zero-order valence-electron chi connectivity index (χ0n) is 28.7.